The molecule has 2 aromatic heterocycles. The molecule has 0 atom stereocenters. The number of ether oxygens (including phenoxy) is 2. The summed E-state index contributed by atoms with van der Waals surface area (Å²) in [5, 5.41) is 6.51. The van der Waals surface area contributed by atoms with Crippen LogP contribution in [0.25, 0.3) is 10.2 Å². The third-order valence-electron chi connectivity index (χ3n) is 4.54. The number of urea groups is 1. The zero-order valence-electron chi connectivity index (χ0n) is 20.3. The molecule has 0 bridgehead atoms. The summed E-state index contributed by atoms with van der Waals surface area (Å²) in [5.41, 5.74) is 0.935. The number of aromatic nitrogens is 1. The molecular weight excluding hydrogens is 603 g/mol. The highest BCUT2D eigenvalue weighted by atomic mass is 127. The highest BCUT2D eigenvalue weighted by molar-refractivity contribution is 14.1. The van der Waals surface area contributed by atoms with Crippen LogP contribution in [0, 0.1) is 3.57 Å². The predicted octanol–water partition coefficient (Wildman–Crippen LogP) is 6.72. The molecule has 3 rings (SSSR count). The molecule has 0 aliphatic heterocycles. The van der Waals surface area contributed by atoms with Crippen LogP contribution in [0.4, 0.5) is 25.4 Å². The number of amides is 3. The van der Waals surface area contributed by atoms with Crippen LogP contribution >= 0.6 is 45.3 Å². The maximum atomic E-state index is 12.8. The molecule has 3 amide bonds. The van der Waals surface area contributed by atoms with Gasteiger partial charge in [0.25, 0.3) is 0 Å². The van der Waals surface area contributed by atoms with Crippen LogP contribution in [-0.4, -0.2) is 42.3 Å². The lowest BCUT2D eigenvalue weighted by atomic mass is 10.2. The Morgan fingerprint density at radius 2 is 1.86 bits per heavy atom. The molecule has 35 heavy (non-hydrogen) atoms. The van der Waals surface area contributed by atoms with Gasteiger partial charge in [-0.1, -0.05) is 18.3 Å². The predicted molar refractivity (Wildman–Crippen MR) is 149 cm³/mol. The molecule has 0 saturated carbocycles. The Morgan fingerprint density at radius 3 is 2.49 bits per heavy atom. The number of hydrogen-bond donors (Lipinski definition) is 2. The number of thiophene rings is 1. The number of rotatable bonds is 6. The average molecular weight is 631 g/mol. The summed E-state index contributed by atoms with van der Waals surface area (Å²) in [6, 6.07) is 4.86. The highest BCUT2D eigenvalue weighted by Crippen LogP contribution is 2.35. The number of halogens is 1. The van der Waals surface area contributed by atoms with E-state index in [-0.39, 0.29) is 6.61 Å². The van der Waals surface area contributed by atoms with Crippen molar-refractivity contribution >= 4 is 89.4 Å². The Labute approximate surface area is 225 Å². The molecule has 2 heterocycles. The average Bonchev–Trinajstić information content (AvgIpc) is 3.39. The number of aryl methyl sites for hydroxylation is 1. The standard InChI is InChI=1S/C23H27IN4O5S2/c1-7-12-11-13(19(29)32-8-2)18(34-12)27-20(30)25-14-9-10-15-17(16(14)24)26-21(35-15)28(6)22(31)33-23(3,4)5/h9-11H,7-8H2,1-6H3,(H2,25,27,30). The number of nitrogens with one attached hydrogen (secondary N) is 2. The van der Waals surface area contributed by atoms with Crippen molar-refractivity contribution in [2.24, 2.45) is 0 Å². The number of thiazole rings is 1. The summed E-state index contributed by atoms with van der Waals surface area (Å²) in [6.07, 6.45) is 0.239. The number of benzene rings is 1. The zero-order valence-corrected chi connectivity index (χ0v) is 24.1. The van der Waals surface area contributed by atoms with Crippen molar-refractivity contribution in [3.8, 4) is 0 Å². The van der Waals surface area contributed by atoms with E-state index in [1.807, 2.05) is 13.0 Å². The monoisotopic (exact) mass is 630 g/mol. The fraction of sp³-hybridized carbons (Fsp3) is 0.391. The summed E-state index contributed by atoms with van der Waals surface area (Å²) < 4.78 is 12.1. The number of anilines is 3. The van der Waals surface area contributed by atoms with Gasteiger partial charge in [-0.3, -0.25) is 10.2 Å². The van der Waals surface area contributed by atoms with Crippen LogP contribution in [-0.2, 0) is 15.9 Å². The van der Waals surface area contributed by atoms with E-state index in [0.29, 0.717) is 26.9 Å². The van der Waals surface area contributed by atoms with Crippen molar-refractivity contribution in [3.63, 3.8) is 0 Å². The lowest BCUT2D eigenvalue weighted by Crippen LogP contribution is -2.34. The molecule has 0 fully saturated rings. The molecule has 0 radical (unpaired) electrons. The second-order valence-electron chi connectivity index (χ2n) is 8.42. The fourth-order valence-corrected chi connectivity index (χ4v) is 5.74. The van der Waals surface area contributed by atoms with Gasteiger partial charge in [0.1, 0.15) is 10.6 Å². The topological polar surface area (TPSA) is 110 Å². The second-order valence-corrected chi connectivity index (χ2v) is 11.6. The van der Waals surface area contributed by atoms with Crippen molar-refractivity contribution in [3.05, 3.63) is 32.2 Å². The molecule has 9 nitrogen and oxygen atoms in total. The Balaban J connectivity index is 1.80. The minimum absolute atomic E-state index is 0.249. The maximum Gasteiger partial charge on any atom is 0.416 e. The minimum Gasteiger partial charge on any atom is -0.462 e. The maximum absolute atomic E-state index is 12.8. The lowest BCUT2D eigenvalue weighted by molar-refractivity contribution is 0.0526. The summed E-state index contributed by atoms with van der Waals surface area (Å²) in [7, 11) is 1.61. The smallest absolute Gasteiger partial charge is 0.416 e. The van der Waals surface area contributed by atoms with Crippen molar-refractivity contribution in [1.82, 2.24) is 4.98 Å². The first-order valence-electron chi connectivity index (χ1n) is 10.9. The van der Waals surface area contributed by atoms with Gasteiger partial charge in [0.15, 0.2) is 5.13 Å². The van der Waals surface area contributed by atoms with E-state index in [2.05, 4.69) is 38.2 Å². The van der Waals surface area contributed by atoms with Crippen molar-refractivity contribution in [2.45, 2.75) is 46.6 Å². The van der Waals surface area contributed by atoms with E-state index in [0.717, 1.165) is 19.6 Å². The number of hydrogen-bond acceptors (Lipinski definition) is 8. The quantitative estimate of drug-likeness (QED) is 0.231. The van der Waals surface area contributed by atoms with Gasteiger partial charge < -0.3 is 14.8 Å². The normalized spacial score (nSPS) is 11.3. The zero-order chi connectivity index (χ0) is 25.9. The molecule has 2 N–H and O–H groups in total. The highest BCUT2D eigenvalue weighted by Gasteiger charge is 2.24. The second kappa shape index (κ2) is 11.1. The third kappa shape index (κ3) is 6.61. The number of carbonyl (C=O) groups is 3. The molecule has 0 aliphatic carbocycles. The van der Waals surface area contributed by atoms with Crippen LogP contribution in [0.1, 0.15) is 49.9 Å². The number of carbonyl (C=O) groups excluding carboxylic acids is 3. The Bertz CT molecular complexity index is 1260. The van der Waals surface area contributed by atoms with E-state index >= 15 is 0 Å². The first-order chi connectivity index (χ1) is 16.4. The van der Waals surface area contributed by atoms with Gasteiger partial charge >= 0.3 is 18.1 Å². The van der Waals surface area contributed by atoms with Crippen LogP contribution in [0.15, 0.2) is 18.2 Å². The van der Waals surface area contributed by atoms with Crippen LogP contribution < -0.4 is 15.5 Å². The van der Waals surface area contributed by atoms with Crippen LogP contribution in [0.5, 0.6) is 0 Å². The van der Waals surface area contributed by atoms with E-state index in [1.54, 1.807) is 46.9 Å². The molecule has 0 aliphatic rings. The molecule has 0 spiro atoms. The molecule has 0 unspecified atom stereocenters. The van der Waals surface area contributed by atoms with E-state index < -0.39 is 23.7 Å². The van der Waals surface area contributed by atoms with E-state index in [9.17, 15) is 14.4 Å². The van der Waals surface area contributed by atoms with Crippen LogP contribution in [0.2, 0.25) is 0 Å². The van der Waals surface area contributed by atoms with Gasteiger partial charge in [0, 0.05) is 11.9 Å². The largest absolute Gasteiger partial charge is 0.462 e. The molecule has 188 valence electrons. The van der Waals surface area contributed by atoms with E-state index in [4.69, 9.17) is 9.47 Å². The minimum atomic E-state index is -0.617. The Hall–Kier alpha value is -2.45. The van der Waals surface area contributed by atoms with Crippen molar-refractivity contribution < 1.29 is 23.9 Å². The van der Waals surface area contributed by atoms with Gasteiger partial charge in [-0.2, -0.15) is 0 Å². The van der Waals surface area contributed by atoms with Gasteiger partial charge in [0.2, 0.25) is 0 Å². The third-order valence-corrected chi connectivity index (χ3v) is 7.93. The van der Waals surface area contributed by atoms with Gasteiger partial charge in [-0.05, 0) is 74.9 Å². The molecule has 3 aromatic rings. The van der Waals surface area contributed by atoms with Gasteiger partial charge in [0.05, 0.1) is 31.6 Å². The summed E-state index contributed by atoms with van der Waals surface area (Å²) in [4.78, 5) is 44.4. The number of nitrogens with zero attached hydrogens (tertiary/aromatic N) is 2. The number of esters is 1. The summed E-state index contributed by atoms with van der Waals surface area (Å²) >= 11 is 4.80. The van der Waals surface area contributed by atoms with E-state index in [1.165, 1.54) is 27.6 Å². The Kier molecular flexibility index (Phi) is 8.59. The molecule has 1 aromatic carbocycles. The van der Waals surface area contributed by atoms with Crippen molar-refractivity contribution in [2.75, 3.05) is 29.2 Å². The first kappa shape index (κ1) is 27.1. The lowest BCUT2D eigenvalue weighted by Gasteiger charge is -2.23. The van der Waals surface area contributed by atoms with Crippen LogP contribution in [0.3, 0.4) is 0 Å². The Morgan fingerprint density at radius 1 is 1.14 bits per heavy atom. The molecule has 0 saturated heterocycles. The van der Waals surface area contributed by atoms with Crippen molar-refractivity contribution in [1.29, 1.82) is 0 Å². The summed E-state index contributed by atoms with van der Waals surface area (Å²) in [5.74, 6) is -0.473. The SMILES string of the molecule is CCOC(=O)c1cc(CC)sc1NC(=O)Nc1ccc2sc(N(C)C(=O)OC(C)(C)C)nc2c1I. The van der Waals surface area contributed by atoms with Gasteiger partial charge in [-0.15, -0.1) is 11.3 Å². The fourth-order valence-electron chi connectivity index (χ4n) is 2.92. The molecule has 12 heteroatoms. The molecular formula is C23H27IN4O5S2. The number of fused-ring (bicyclic) bond motifs is 1. The summed E-state index contributed by atoms with van der Waals surface area (Å²) in [6.45, 7) is 9.37. The first-order valence-corrected chi connectivity index (χ1v) is 13.6. The van der Waals surface area contributed by atoms with Gasteiger partial charge in [-0.25, -0.2) is 19.4 Å².